The minimum absolute atomic E-state index is 0.729. The molecule has 2 atom stereocenters. The molecule has 1 heterocycles. The van der Waals surface area contributed by atoms with E-state index in [1.807, 2.05) is 0 Å². The van der Waals surface area contributed by atoms with E-state index in [2.05, 4.69) is 48.3 Å². The van der Waals surface area contributed by atoms with Crippen LogP contribution in [0, 0.1) is 5.92 Å². The summed E-state index contributed by atoms with van der Waals surface area (Å²) in [5, 5.41) is 3.58. The first-order valence-electron chi connectivity index (χ1n) is 8.76. The molecule has 2 heteroatoms. The SMILES string of the molecule is CC(C)CC1CNCCN1CC1CCCc2ccccc21. The monoisotopic (exact) mass is 286 g/mol. The van der Waals surface area contributed by atoms with Crippen LogP contribution in [0.5, 0.6) is 0 Å². The molecule has 2 unspecified atom stereocenters. The average Bonchev–Trinajstić information content (AvgIpc) is 2.49. The first-order valence-corrected chi connectivity index (χ1v) is 8.76. The first kappa shape index (κ1) is 15.1. The normalized spacial score (nSPS) is 26.8. The maximum atomic E-state index is 3.58. The molecular formula is C19H30N2. The second-order valence-electron chi connectivity index (χ2n) is 7.27. The molecule has 1 N–H and O–H groups in total. The van der Waals surface area contributed by atoms with Gasteiger partial charge in [-0.2, -0.15) is 0 Å². The van der Waals surface area contributed by atoms with Crippen LogP contribution in [0.15, 0.2) is 24.3 Å². The van der Waals surface area contributed by atoms with E-state index < -0.39 is 0 Å². The van der Waals surface area contributed by atoms with Crippen molar-refractivity contribution < 1.29 is 0 Å². The van der Waals surface area contributed by atoms with Crippen LogP contribution in [0.2, 0.25) is 0 Å². The van der Waals surface area contributed by atoms with Gasteiger partial charge in [-0.15, -0.1) is 0 Å². The molecule has 3 rings (SSSR count). The standard InChI is InChI=1S/C19H30N2/c1-15(2)12-18-13-20-10-11-21(18)14-17-8-5-7-16-6-3-4-9-19(16)17/h3-4,6,9,15,17-18,20H,5,7-8,10-14H2,1-2H3. The molecule has 0 bridgehead atoms. The summed E-state index contributed by atoms with van der Waals surface area (Å²) < 4.78 is 0. The lowest BCUT2D eigenvalue weighted by Crippen LogP contribution is -2.52. The highest BCUT2D eigenvalue weighted by molar-refractivity contribution is 5.32. The van der Waals surface area contributed by atoms with Gasteiger partial charge in [-0.05, 0) is 48.6 Å². The smallest absolute Gasteiger partial charge is 0.0223 e. The zero-order chi connectivity index (χ0) is 14.7. The third-order valence-corrected chi connectivity index (χ3v) is 5.16. The largest absolute Gasteiger partial charge is 0.314 e. The fourth-order valence-electron chi connectivity index (χ4n) is 4.15. The molecule has 1 fully saturated rings. The van der Waals surface area contributed by atoms with Gasteiger partial charge in [0.15, 0.2) is 0 Å². The van der Waals surface area contributed by atoms with E-state index in [0.29, 0.717) is 0 Å². The average molecular weight is 286 g/mol. The maximum absolute atomic E-state index is 3.58. The minimum atomic E-state index is 0.729. The van der Waals surface area contributed by atoms with E-state index in [-0.39, 0.29) is 0 Å². The van der Waals surface area contributed by atoms with Crippen molar-refractivity contribution in [1.82, 2.24) is 10.2 Å². The van der Waals surface area contributed by atoms with Crippen molar-refractivity contribution >= 4 is 0 Å². The number of rotatable bonds is 4. The molecule has 116 valence electrons. The van der Waals surface area contributed by atoms with Crippen LogP contribution in [-0.4, -0.2) is 37.1 Å². The summed E-state index contributed by atoms with van der Waals surface area (Å²) in [6.07, 6.45) is 5.34. The van der Waals surface area contributed by atoms with Gasteiger partial charge in [0.1, 0.15) is 0 Å². The summed E-state index contributed by atoms with van der Waals surface area (Å²) in [5.41, 5.74) is 3.23. The maximum Gasteiger partial charge on any atom is 0.0223 e. The Morgan fingerprint density at radius 1 is 1.29 bits per heavy atom. The van der Waals surface area contributed by atoms with E-state index in [1.54, 1.807) is 11.1 Å². The third-order valence-electron chi connectivity index (χ3n) is 5.16. The van der Waals surface area contributed by atoms with E-state index >= 15 is 0 Å². The van der Waals surface area contributed by atoms with Gasteiger partial charge in [0.25, 0.3) is 0 Å². The molecule has 1 aromatic carbocycles. The zero-order valence-corrected chi connectivity index (χ0v) is 13.6. The summed E-state index contributed by atoms with van der Waals surface area (Å²) in [6.45, 7) is 9.51. The lowest BCUT2D eigenvalue weighted by atomic mass is 9.82. The van der Waals surface area contributed by atoms with Crippen LogP contribution >= 0.6 is 0 Å². The van der Waals surface area contributed by atoms with Crippen molar-refractivity contribution in [3.05, 3.63) is 35.4 Å². The van der Waals surface area contributed by atoms with Crippen molar-refractivity contribution in [3.8, 4) is 0 Å². The molecule has 0 amide bonds. The first-order chi connectivity index (χ1) is 10.2. The van der Waals surface area contributed by atoms with Crippen molar-refractivity contribution in [2.75, 3.05) is 26.2 Å². The van der Waals surface area contributed by atoms with Crippen LogP contribution in [-0.2, 0) is 6.42 Å². The number of fused-ring (bicyclic) bond motifs is 1. The second-order valence-corrected chi connectivity index (χ2v) is 7.27. The Kier molecular flexibility index (Phi) is 4.97. The van der Waals surface area contributed by atoms with Crippen LogP contribution in [0.3, 0.4) is 0 Å². The number of aryl methyl sites for hydroxylation is 1. The van der Waals surface area contributed by atoms with Gasteiger partial charge in [-0.1, -0.05) is 38.1 Å². The predicted octanol–water partition coefficient (Wildman–Crippen LogP) is 3.43. The van der Waals surface area contributed by atoms with Gasteiger partial charge < -0.3 is 5.32 Å². The fourth-order valence-corrected chi connectivity index (χ4v) is 4.15. The summed E-state index contributed by atoms with van der Waals surface area (Å²) in [4.78, 5) is 2.77. The Labute approximate surface area is 129 Å². The number of piperazine rings is 1. The molecule has 1 saturated heterocycles. The molecule has 1 aliphatic heterocycles. The Morgan fingerprint density at radius 2 is 2.14 bits per heavy atom. The van der Waals surface area contributed by atoms with Crippen LogP contribution in [0.25, 0.3) is 0 Å². The topological polar surface area (TPSA) is 15.3 Å². The Balaban J connectivity index is 1.70. The van der Waals surface area contributed by atoms with Crippen molar-refractivity contribution in [3.63, 3.8) is 0 Å². The molecule has 0 radical (unpaired) electrons. The van der Waals surface area contributed by atoms with Crippen LogP contribution in [0.4, 0.5) is 0 Å². The molecule has 1 aromatic rings. The minimum Gasteiger partial charge on any atom is -0.314 e. The lowest BCUT2D eigenvalue weighted by molar-refractivity contribution is 0.130. The molecule has 2 nitrogen and oxygen atoms in total. The number of nitrogens with zero attached hydrogens (tertiary/aromatic N) is 1. The number of hydrogen-bond acceptors (Lipinski definition) is 2. The van der Waals surface area contributed by atoms with Crippen LogP contribution < -0.4 is 5.32 Å². The van der Waals surface area contributed by atoms with E-state index in [9.17, 15) is 0 Å². The third kappa shape index (κ3) is 3.67. The van der Waals surface area contributed by atoms with Gasteiger partial charge in [-0.25, -0.2) is 0 Å². The molecule has 0 saturated carbocycles. The summed E-state index contributed by atoms with van der Waals surface area (Å²) >= 11 is 0. The molecule has 21 heavy (non-hydrogen) atoms. The van der Waals surface area contributed by atoms with E-state index in [4.69, 9.17) is 0 Å². The fraction of sp³-hybridized carbons (Fsp3) is 0.684. The highest BCUT2D eigenvalue weighted by Gasteiger charge is 2.28. The quantitative estimate of drug-likeness (QED) is 0.912. The van der Waals surface area contributed by atoms with Gasteiger partial charge in [0, 0.05) is 32.2 Å². The van der Waals surface area contributed by atoms with Gasteiger partial charge in [0.2, 0.25) is 0 Å². The van der Waals surface area contributed by atoms with Gasteiger partial charge in [-0.3, -0.25) is 4.90 Å². The Hall–Kier alpha value is -0.860. The Morgan fingerprint density at radius 3 is 3.00 bits per heavy atom. The zero-order valence-electron chi connectivity index (χ0n) is 13.6. The van der Waals surface area contributed by atoms with E-state index in [1.165, 1.54) is 45.3 Å². The Bertz CT molecular complexity index is 455. The van der Waals surface area contributed by atoms with Crippen molar-refractivity contribution in [2.45, 2.75) is 51.5 Å². The number of benzene rings is 1. The van der Waals surface area contributed by atoms with Crippen molar-refractivity contribution in [2.24, 2.45) is 5.92 Å². The highest BCUT2D eigenvalue weighted by Crippen LogP contribution is 2.33. The molecule has 2 aliphatic rings. The lowest BCUT2D eigenvalue weighted by Gasteiger charge is -2.40. The summed E-state index contributed by atoms with van der Waals surface area (Å²) in [7, 11) is 0. The molecular weight excluding hydrogens is 256 g/mol. The number of hydrogen-bond donors (Lipinski definition) is 1. The molecule has 1 aliphatic carbocycles. The second kappa shape index (κ2) is 6.93. The molecule has 0 aromatic heterocycles. The van der Waals surface area contributed by atoms with Crippen LogP contribution in [0.1, 0.15) is 50.2 Å². The van der Waals surface area contributed by atoms with Gasteiger partial charge >= 0.3 is 0 Å². The predicted molar refractivity (Wildman–Crippen MR) is 89.8 cm³/mol. The highest BCUT2D eigenvalue weighted by atomic mass is 15.2. The van der Waals surface area contributed by atoms with Crippen molar-refractivity contribution in [1.29, 1.82) is 0 Å². The van der Waals surface area contributed by atoms with E-state index in [0.717, 1.165) is 24.4 Å². The van der Waals surface area contributed by atoms with Gasteiger partial charge in [0.05, 0.1) is 0 Å². The number of nitrogens with one attached hydrogen (secondary N) is 1. The summed E-state index contributed by atoms with van der Waals surface area (Å²) in [5.74, 6) is 1.54. The molecule has 0 spiro atoms. The summed E-state index contributed by atoms with van der Waals surface area (Å²) in [6, 6.07) is 9.87.